The van der Waals surface area contributed by atoms with Gasteiger partial charge in [-0.3, -0.25) is 0 Å². The first-order valence-corrected chi connectivity index (χ1v) is 26.6. The van der Waals surface area contributed by atoms with Crippen LogP contribution in [-0.2, 0) is 11.3 Å². The van der Waals surface area contributed by atoms with Gasteiger partial charge in [0.1, 0.15) is 0 Å². The first kappa shape index (κ1) is 39.9. The fourth-order valence-electron chi connectivity index (χ4n) is 7.18. The van der Waals surface area contributed by atoms with Crippen molar-refractivity contribution >= 4 is 38.7 Å². The first-order chi connectivity index (χ1) is 25.9. The van der Waals surface area contributed by atoms with Gasteiger partial charge in [-0.25, -0.2) is 0 Å². The predicted octanol–water partition coefficient (Wildman–Crippen LogP) is 12.8. The van der Waals surface area contributed by atoms with E-state index < -0.39 is 18.4 Å². The molecule has 0 aliphatic carbocycles. The second-order valence-corrected chi connectivity index (χ2v) is 26.7. The molecule has 0 fully saturated rings. The van der Waals surface area contributed by atoms with Gasteiger partial charge in [0, 0.05) is 0 Å². The molecule has 280 valence electrons. The number of unbranched alkanes of at least 4 members (excludes halogenated alkanes) is 3. The summed E-state index contributed by atoms with van der Waals surface area (Å²) in [4.78, 5) is 0. The van der Waals surface area contributed by atoms with Crippen LogP contribution in [0.25, 0.3) is 31.6 Å². The normalized spacial score (nSPS) is 11.2. The molecule has 6 nitrogen and oxygen atoms in total. The molecule has 0 amide bonds. The summed E-state index contributed by atoms with van der Waals surface area (Å²) in [5, 5.41) is 0.820. The first-order valence-electron chi connectivity index (χ1n) is 19.1. The molecule has 1 aromatic heterocycles. The quantitative estimate of drug-likeness (QED) is 0.0443. The number of fused-ring (bicyclic) bond motifs is 1. The molecule has 0 aliphatic rings. The Morgan fingerprint density at radius 3 is 1.74 bits per heavy atom. The van der Waals surface area contributed by atoms with E-state index in [4.69, 9.17) is 28.1 Å². The molecule has 5 aromatic rings. The van der Waals surface area contributed by atoms with Crippen LogP contribution >= 0.6 is 0 Å². The van der Waals surface area contributed by atoms with E-state index in [1.165, 1.54) is 61.0 Å². The van der Waals surface area contributed by atoms with Gasteiger partial charge in [-0.2, -0.15) is 0 Å². The summed E-state index contributed by atoms with van der Waals surface area (Å²) in [6.07, 6.45) is 7.21. The maximum absolute atomic E-state index is 7.08. The molecule has 0 bridgehead atoms. The van der Waals surface area contributed by atoms with Crippen LogP contribution in [0.15, 0.2) is 101 Å². The van der Waals surface area contributed by atoms with Crippen LogP contribution in [0.2, 0.25) is 13.3 Å². The van der Waals surface area contributed by atoms with Crippen molar-refractivity contribution in [2.45, 2.75) is 79.2 Å². The molecule has 0 aliphatic heterocycles. The topological polar surface area (TPSA) is 59.3 Å². The molecule has 53 heavy (non-hydrogen) atoms. The zero-order chi connectivity index (χ0) is 37.6. The van der Waals surface area contributed by atoms with Gasteiger partial charge >= 0.3 is 322 Å². The Hall–Kier alpha value is -4.26. The molecular weight excluding hydrogens is 767 g/mol. The average molecular weight is 824 g/mol. The van der Waals surface area contributed by atoms with Crippen LogP contribution in [0.4, 0.5) is 0 Å². The molecule has 0 spiro atoms. The van der Waals surface area contributed by atoms with Gasteiger partial charge in [0.25, 0.3) is 0 Å². The van der Waals surface area contributed by atoms with E-state index in [1.54, 1.807) is 28.4 Å². The Morgan fingerprint density at radius 1 is 0.642 bits per heavy atom. The Balaban J connectivity index is 1.93. The minimum atomic E-state index is -3.19. The molecule has 0 saturated heterocycles. The van der Waals surface area contributed by atoms with Crippen molar-refractivity contribution in [3.63, 3.8) is 0 Å². The number of furan rings is 1. The van der Waals surface area contributed by atoms with Gasteiger partial charge in [0.15, 0.2) is 0 Å². The average Bonchev–Trinajstić information content (AvgIpc) is 3.60. The van der Waals surface area contributed by atoms with Crippen molar-refractivity contribution in [3.05, 3.63) is 113 Å². The Bertz CT molecular complexity index is 1930. The van der Waals surface area contributed by atoms with Gasteiger partial charge in [-0.05, 0) is 0 Å². The number of ether oxygens (including phenoxy) is 5. The van der Waals surface area contributed by atoms with Gasteiger partial charge in [0.05, 0.1) is 0 Å². The standard InChI is InChI=1S/C34H29O6.3C4H9.Sn/c1-35-26-15-10-24(11-16-26)22-39-29(19-12-23-8-6-5-7-9-23)33-32-30(38-4)20-28(37-3)21-31(32)40-34(33)25-13-17-27(36-2)18-14-25;3*1-3-4-2;/h5-11,13-18,20-21H,22H2,1-4H3;3*1,3-4H2,2H3;. The second-order valence-electron chi connectivity index (χ2n) is 13.7. The third kappa shape index (κ3) is 9.65. The van der Waals surface area contributed by atoms with E-state index in [0.717, 1.165) is 33.6 Å². The van der Waals surface area contributed by atoms with Crippen LogP contribution in [-0.4, -0.2) is 46.8 Å². The SMILES string of the molecule is CCC[CH2][Sn]([CH2]CCC)([CH2]CCC)[C](=C=C(OCc1ccc(OC)cc1)c1c(-c2ccc(OC)cc2)oc2cc(OC)cc(OC)c12)c1ccccc1. The molecule has 0 saturated carbocycles. The monoisotopic (exact) mass is 824 g/mol. The van der Waals surface area contributed by atoms with Gasteiger partial charge in [0.2, 0.25) is 0 Å². The summed E-state index contributed by atoms with van der Waals surface area (Å²) in [6, 6.07) is 30.8. The molecule has 7 heteroatoms. The predicted molar refractivity (Wildman–Crippen MR) is 221 cm³/mol. The molecule has 0 unspecified atom stereocenters. The van der Waals surface area contributed by atoms with E-state index in [9.17, 15) is 0 Å². The molecule has 0 radical (unpaired) electrons. The van der Waals surface area contributed by atoms with E-state index in [1.807, 2.05) is 48.5 Å². The Morgan fingerprint density at radius 2 is 1.21 bits per heavy atom. The van der Waals surface area contributed by atoms with Crippen molar-refractivity contribution in [2.24, 2.45) is 0 Å². The molecule has 1 heterocycles. The Kier molecular flexibility index (Phi) is 14.9. The van der Waals surface area contributed by atoms with Crippen LogP contribution in [0.1, 0.15) is 76.0 Å². The van der Waals surface area contributed by atoms with E-state index in [2.05, 4.69) is 69.0 Å². The number of benzene rings is 4. The number of hydrogen-bond acceptors (Lipinski definition) is 6. The van der Waals surface area contributed by atoms with Crippen molar-refractivity contribution in [1.29, 1.82) is 0 Å². The third-order valence-corrected chi connectivity index (χ3v) is 25.6. The zero-order valence-corrected chi connectivity index (χ0v) is 35.5. The van der Waals surface area contributed by atoms with Crippen molar-refractivity contribution < 1.29 is 28.1 Å². The van der Waals surface area contributed by atoms with Gasteiger partial charge in [-0.1, -0.05) is 0 Å². The molecule has 0 N–H and O–H groups in total. The molecule has 0 atom stereocenters. The summed E-state index contributed by atoms with van der Waals surface area (Å²) < 4.78 is 41.9. The maximum atomic E-state index is 7.08. The summed E-state index contributed by atoms with van der Waals surface area (Å²) in [7, 11) is 6.70. The van der Waals surface area contributed by atoms with Gasteiger partial charge in [-0.15, -0.1) is 0 Å². The summed E-state index contributed by atoms with van der Waals surface area (Å²) >= 11 is -3.19. The van der Waals surface area contributed by atoms with Crippen molar-refractivity contribution in [2.75, 3.05) is 28.4 Å². The number of methoxy groups -OCH3 is 4. The van der Waals surface area contributed by atoms with Crippen LogP contribution in [0.5, 0.6) is 23.0 Å². The fraction of sp³-hybridized carbons (Fsp3) is 0.370. The molecule has 4 aromatic carbocycles. The van der Waals surface area contributed by atoms with Gasteiger partial charge < -0.3 is 0 Å². The fourth-order valence-corrected chi connectivity index (χ4v) is 23.6. The summed E-state index contributed by atoms with van der Waals surface area (Å²) in [6.45, 7) is 7.30. The van der Waals surface area contributed by atoms with Crippen LogP contribution in [0.3, 0.4) is 0 Å². The zero-order valence-electron chi connectivity index (χ0n) is 32.7. The van der Waals surface area contributed by atoms with Crippen LogP contribution in [0, 0.1) is 0 Å². The van der Waals surface area contributed by atoms with Crippen LogP contribution < -0.4 is 18.9 Å². The molecular formula is C46H56O6Sn. The van der Waals surface area contributed by atoms with Crippen molar-refractivity contribution in [3.8, 4) is 34.3 Å². The summed E-state index contributed by atoms with van der Waals surface area (Å²) in [5.41, 5.74) is 8.78. The van der Waals surface area contributed by atoms with E-state index >= 15 is 0 Å². The van der Waals surface area contributed by atoms with Crippen molar-refractivity contribution in [1.82, 2.24) is 0 Å². The second kappa shape index (κ2) is 19.7. The Labute approximate surface area is 320 Å². The summed E-state index contributed by atoms with van der Waals surface area (Å²) in [5.74, 6) is 4.19. The van der Waals surface area contributed by atoms with E-state index in [0.29, 0.717) is 35.2 Å². The minimum absolute atomic E-state index is 0.336. The number of rotatable bonds is 20. The third-order valence-electron chi connectivity index (χ3n) is 10.2. The number of hydrogen-bond donors (Lipinski definition) is 0. The van der Waals surface area contributed by atoms with E-state index in [-0.39, 0.29) is 0 Å². The molecule has 5 rings (SSSR count).